The SMILES string of the molecule is FC1=CC(CCc2ccc(F)cc2)=CCC1. The molecule has 84 valence electrons. The summed E-state index contributed by atoms with van der Waals surface area (Å²) in [5, 5.41) is 0. The van der Waals surface area contributed by atoms with Gasteiger partial charge in [-0.3, -0.25) is 0 Å². The summed E-state index contributed by atoms with van der Waals surface area (Å²) in [6.45, 7) is 0. The van der Waals surface area contributed by atoms with E-state index in [4.69, 9.17) is 0 Å². The van der Waals surface area contributed by atoms with E-state index in [1.54, 1.807) is 18.2 Å². The molecule has 1 aliphatic rings. The molecule has 0 amide bonds. The summed E-state index contributed by atoms with van der Waals surface area (Å²) >= 11 is 0. The van der Waals surface area contributed by atoms with E-state index in [-0.39, 0.29) is 11.6 Å². The molecule has 0 aliphatic heterocycles. The van der Waals surface area contributed by atoms with Crippen molar-refractivity contribution < 1.29 is 8.78 Å². The van der Waals surface area contributed by atoms with Crippen LogP contribution in [0.5, 0.6) is 0 Å². The van der Waals surface area contributed by atoms with Crippen LogP contribution in [0, 0.1) is 5.82 Å². The van der Waals surface area contributed by atoms with Crippen LogP contribution in [-0.2, 0) is 6.42 Å². The highest BCUT2D eigenvalue weighted by atomic mass is 19.1. The van der Waals surface area contributed by atoms with E-state index >= 15 is 0 Å². The molecule has 1 aromatic carbocycles. The molecular weight excluding hydrogens is 206 g/mol. The fourth-order valence-corrected chi connectivity index (χ4v) is 1.84. The quantitative estimate of drug-likeness (QED) is 0.711. The van der Waals surface area contributed by atoms with Crippen molar-refractivity contribution in [1.82, 2.24) is 0 Å². The highest BCUT2D eigenvalue weighted by Crippen LogP contribution is 2.21. The normalized spacial score (nSPS) is 15.6. The monoisotopic (exact) mass is 220 g/mol. The fraction of sp³-hybridized carbons (Fsp3) is 0.286. The van der Waals surface area contributed by atoms with Crippen LogP contribution in [0.1, 0.15) is 24.8 Å². The average Bonchev–Trinajstić information content (AvgIpc) is 2.28. The summed E-state index contributed by atoms with van der Waals surface area (Å²) in [6.07, 6.45) is 6.66. The predicted octanol–water partition coefficient (Wildman–Crippen LogP) is 4.33. The Labute approximate surface area is 94.3 Å². The second-order valence-electron chi connectivity index (χ2n) is 4.04. The van der Waals surface area contributed by atoms with Crippen molar-refractivity contribution in [3.8, 4) is 0 Å². The molecule has 0 nitrogen and oxygen atoms in total. The molecule has 0 saturated heterocycles. The van der Waals surface area contributed by atoms with E-state index in [2.05, 4.69) is 6.08 Å². The van der Waals surface area contributed by atoms with Crippen LogP contribution in [0.4, 0.5) is 8.78 Å². The van der Waals surface area contributed by atoms with Crippen LogP contribution in [-0.4, -0.2) is 0 Å². The van der Waals surface area contributed by atoms with Gasteiger partial charge in [-0.05, 0) is 48.6 Å². The zero-order valence-corrected chi connectivity index (χ0v) is 9.05. The molecule has 0 fully saturated rings. The zero-order chi connectivity index (χ0) is 11.4. The minimum Gasteiger partial charge on any atom is -0.212 e. The van der Waals surface area contributed by atoms with Crippen LogP contribution in [0.2, 0.25) is 0 Å². The van der Waals surface area contributed by atoms with Gasteiger partial charge in [0.15, 0.2) is 0 Å². The number of hydrogen-bond donors (Lipinski definition) is 0. The molecule has 2 heteroatoms. The zero-order valence-electron chi connectivity index (χ0n) is 9.05. The number of rotatable bonds is 3. The van der Waals surface area contributed by atoms with Gasteiger partial charge in [0.2, 0.25) is 0 Å². The summed E-state index contributed by atoms with van der Waals surface area (Å²) in [7, 11) is 0. The molecule has 2 rings (SSSR count). The van der Waals surface area contributed by atoms with E-state index in [9.17, 15) is 8.78 Å². The lowest BCUT2D eigenvalue weighted by molar-refractivity contribution is 0.583. The van der Waals surface area contributed by atoms with Crippen molar-refractivity contribution in [2.24, 2.45) is 0 Å². The van der Waals surface area contributed by atoms with Gasteiger partial charge < -0.3 is 0 Å². The third-order valence-electron chi connectivity index (χ3n) is 2.75. The van der Waals surface area contributed by atoms with Crippen LogP contribution in [0.25, 0.3) is 0 Å². The highest BCUT2D eigenvalue weighted by molar-refractivity contribution is 5.26. The highest BCUT2D eigenvalue weighted by Gasteiger charge is 2.04. The van der Waals surface area contributed by atoms with Crippen LogP contribution < -0.4 is 0 Å². The Morgan fingerprint density at radius 1 is 1.00 bits per heavy atom. The molecule has 0 bridgehead atoms. The lowest BCUT2D eigenvalue weighted by atomic mass is 9.99. The number of benzene rings is 1. The lowest BCUT2D eigenvalue weighted by Gasteiger charge is -2.08. The molecule has 0 heterocycles. The third-order valence-corrected chi connectivity index (χ3v) is 2.75. The largest absolute Gasteiger partial charge is 0.212 e. The fourth-order valence-electron chi connectivity index (χ4n) is 1.84. The van der Waals surface area contributed by atoms with Crippen molar-refractivity contribution in [2.75, 3.05) is 0 Å². The Kier molecular flexibility index (Phi) is 3.50. The first-order chi connectivity index (χ1) is 7.74. The minimum atomic E-state index is -0.216. The molecule has 0 aromatic heterocycles. The predicted molar refractivity (Wildman–Crippen MR) is 61.2 cm³/mol. The molecule has 0 radical (unpaired) electrons. The van der Waals surface area contributed by atoms with Gasteiger partial charge in [-0.25, -0.2) is 8.78 Å². The maximum Gasteiger partial charge on any atom is 0.123 e. The maximum atomic E-state index is 13.0. The molecule has 0 atom stereocenters. The van der Waals surface area contributed by atoms with Gasteiger partial charge >= 0.3 is 0 Å². The summed E-state index contributed by atoms with van der Waals surface area (Å²) in [5.74, 6) is -0.247. The third kappa shape index (κ3) is 3.02. The first-order valence-corrected chi connectivity index (χ1v) is 5.53. The van der Waals surface area contributed by atoms with E-state index in [0.717, 1.165) is 30.4 Å². The molecule has 1 aliphatic carbocycles. The standard InChI is InChI=1S/C14H14F2/c15-13-8-6-11(7-9-13)4-5-12-2-1-3-14(16)10-12/h2,6-10H,1,3-5H2. The van der Waals surface area contributed by atoms with Crippen molar-refractivity contribution in [3.63, 3.8) is 0 Å². The van der Waals surface area contributed by atoms with Crippen LogP contribution in [0.15, 0.2) is 47.8 Å². The molecule has 0 unspecified atom stereocenters. The molecular formula is C14H14F2. The van der Waals surface area contributed by atoms with Gasteiger partial charge in [0.25, 0.3) is 0 Å². The molecule has 16 heavy (non-hydrogen) atoms. The van der Waals surface area contributed by atoms with E-state index in [0.29, 0.717) is 6.42 Å². The Balaban J connectivity index is 1.92. The van der Waals surface area contributed by atoms with Gasteiger partial charge in [0, 0.05) is 6.42 Å². The summed E-state index contributed by atoms with van der Waals surface area (Å²) in [6, 6.07) is 6.47. The van der Waals surface area contributed by atoms with Crippen molar-refractivity contribution >= 4 is 0 Å². The minimum absolute atomic E-state index is 0.0309. The van der Waals surface area contributed by atoms with E-state index in [1.807, 2.05) is 0 Å². The number of halogens is 2. The van der Waals surface area contributed by atoms with Crippen molar-refractivity contribution in [2.45, 2.75) is 25.7 Å². The van der Waals surface area contributed by atoms with Crippen molar-refractivity contribution in [3.05, 3.63) is 59.2 Å². The topological polar surface area (TPSA) is 0 Å². The smallest absolute Gasteiger partial charge is 0.123 e. The molecule has 0 N–H and O–H groups in total. The Hall–Kier alpha value is -1.44. The second kappa shape index (κ2) is 5.06. The lowest BCUT2D eigenvalue weighted by Crippen LogP contribution is -1.92. The number of hydrogen-bond acceptors (Lipinski definition) is 0. The van der Waals surface area contributed by atoms with Crippen LogP contribution >= 0.6 is 0 Å². The summed E-state index contributed by atoms with van der Waals surface area (Å²) in [4.78, 5) is 0. The van der Waals surface area contributed by atoms with Gasteiger partial charge in [0.05, 0.1) is 0 Å². The second-order valence-corrected chi connectivity index (χ2v) is 4.04. The van der Waals surface area contributed by atoms with E-state index in [1.165, 1.54) is 12.1 Å². The van der Waals surface area contributed by atoms with E-state index < -0.39 is 0 Å². The maximum absolute atomic E-state index is 13.0. The summed E-state index contributed by atoms with van der Waals surface area (Å²) < 4.78 is 25.6. The molecule has 1 aromatic rings. The Bertz CT molecular complexity index is 413. The summed E-state index contributed by atoms with van der Waals surface area (Å²) in [5.41, 5.74) is 2.13. The Morgan fingerprint density at radius 3 is 2.44 bits per heavy atom. The number of aryl methyl sites for hydroxylation is 1. The van der Waals surface area contributed by atoms with Gasteiger partial charge in [-0.15, -0.1) is 0 Å². The number of allylic oxidation sites excluding steroid dienone is 4. The average molecular weight is 220 g/mol. The Morgan fingerprint density at radius 2 is 1.75 bits per heavy atom. The van der Waals surface area contributed by atoms with Crippen LogP contribution in [0.3, 0.4) is 0 Å². The molecule has 0 spiro atoms. The first-order valence-electron chi connectivity index (χ1n) is 5.53. The first kappa shape index (κ1) is 11.1. The van der Waals surface area contributed by atoms with Gasteiger partial charge in [-0.1, -0.05) is 18.2 Å². The van der Waals surface area contributed by atoms with Gasteiger partial charge in [0.1, 0.15) is 11.6 Å². The molecule has 0 saturated carbocycles. The van der Waals surface area contributed by atoms with Gasteiger partial charge in [-0.2, -0.15) is 0 Å². The van der Waals surface area contributed by atoms with Crippen molar-refractivity contribution in [1.29, 1.82) is 0 Å².